The quantitative estimate of drug-likeness (QED) is 0.681. The Hall–Kier alpha value is -3.10. The van der Waals surface area contributed by atoms with Crippen molar-refractivity contribution in [1.82, 2.24) is 34.7 Å². The monoisotopic (exact) mass is 269 g/mol. The molecule has 0 fully saturated rings. The molecule has 0 aliphatic carbocycles. The molecule has 9 heteroatoms. The van der Waals surface area contributed by atoms with Gasteiger partial charge in [-0.25, -0.2) is 4.98 Å². The molecule has 20 heavy (non-hydrogen) atoms. The topological polar surface area (TPSA) is 120 Å². The molecular weight excluding hydrogens is 258 g/mol. The third kappa shape index (κ3) is 2.66. The van der Waals surface area contributed by atoms with Gasteiger partial charge in [0.05, 0.1) is 0 Å². The Morgan fingerprint density at radius 1 is 1.20 bits per heavy atom. The molecule has 9 nitrogen and oxygen atoms in total. The van der Waals surface area contributed by atoms with E-state index in [0.29, 0.717) is 18.4 Å². The van der Waals surface area contributed by atoms with Crippen LogP contribution in [0.4, 0.5) is 11.9 Å². The van der Waals surface area contributed by atoms with Crippen LogP contribution >= 0.6 is 0 Å². The molecule has 0 aliphatic heterocycles. The minimum atomic E-state index is 0.110. The van der Waals surface area contributed by atoms with E-state index in [4.69, 9.17) is 5.73 Å². The van der Waals surface area contributed by atoms with Gasteiger partial charge in [0.2, 0.25) is 11.9 Å². The Balaban J connectivity index is 1.80. The number of pyridine rings is 1. The van der Waals surface area contributed by atoms with Gasteiger partial charge in [-0.3, -0.25) is 4.98 Å². The van der Waals surface area contributed by atoms with E-state index in [9.17, 15) is 0 Å². The van der Waals surface area contributed by atoms with Crippen LogP contribution in [0.5, 0.6) is 0 Å². The van der Waals surface area contributed by atoms with Crippen LogP contribution in [0.2, 0.25) is 0 Å². The summed E-state index contributed by atoms with van der Waals surface area (Å²) in [6.45, 7) is 0.536. The number of rotatable bonds is 4. The Labute approximate surface area is 114 Å². The van der Waals surface area contributed by atoms with Gasteiger partial charge in [0.1, 0.15) is 12.7 Å². The molecule has 3 aromatic rings. The first kappa shape index (κ1) is 12.0. The van der Waals surface area contributed by atoms with Gasteiger partial charge >= 0.3 is 0 Å². The van der Waals surface area contributed by atoms with E-state index in [1.54, 1.807) is 12.4 Å². The highest BCUT2D eigenvalue weighted by Crippen LogP contribution is 2.07. The maximum absolute atomic E-state index is 5.66. The van der Waals surface area contributed by atoms with E-state index in [1.807, 2.05) is 12.1 Å². The molecule has 3 rings (SSSR count). The van der Waals surface area contributed by atoms with E-state index < -0.39 is 0 Å². The van der Waals surface area contributed by atoms with Crippen LogP contribution in [0.3, 0.4) is 0 Å². The van der Waals surface area contributed by atoms with Crippen LogP contribution in [0.1, 0.15) is 5.56 Å². The van der Waals surface area contributed by atoms with Gasteiger partial charge in [0.15, 0.2) is 0 Å². The van der Waals surface area contributed by atoms with Crippen molar-refractivity contribution in [3.8, 4) is 5.95 Å². The molecule has 0 aromatic carbocycles. The summed E-state index contributed by atoms with van der Waals surface area (Å²) in [5.74, 6) is 0.787. The zero-order valence-electron chi connectivity index (χ0n) is 10.4. The molecule has 0 bridgehead atoms. The minimum Gasteiger partial charge on any atom is -0.368 e. The minimum absolute atomic E-state index is 0.110. The molecule has 3 aromatic heterocycles. The summed E-state index contributed by atoms with van der Waals surface area (Å²) in [6, 6.07) is 3.81. The van der Waals surface area contributed by atoms with E-state index in [1.165, 1.54) is 17.3 Å². The van der Waals surface area contributed by atoms with Crippen molar-refractivity contribution in [2.45, 2.75) is 6.54 Å². The third-order valence-electron chi connectivity index (χ3n) is 2.44. The van der Waals surface area contributed by atoms with Crippen LogP contribution in [0, 0.1) is 0 Å². The number of nitrogen functional groups attached to an aromatic ring is 1. The summed E-state index contributed by atoms with van der Waals surface area (Å²) in [5, 5.41) is 7.01. The normalized spacial score (nSPS) is 10.4. The van der Waals surface area contributed by atoms with Crippen LogP contribution in [-0.2, 0) is 6.54 Å². The molecule has 0 unspecified atom stereocenters. The van der Waals surface area contributed by atoms with Crippen LogP contribution < -0.4 is 11.1 Å². The number of anilines is 2. The average molecular weight is 269 g/mol. The number of hydrogen-bond acceptors (Lipinski definition) is 8. The summed E-state index contributed by atoms with van der Waals surface area (Å²) in [6.07, 6.45) is 6.35. The first-order valence-electron chi connectivity index (χ1n) is 5.80. The van der Waals surface area contributed by atoms with E-state index in [-0.39, 0.29) is 5.95 Å². The highest BCUT2D eigenvalue weighted by molar-refractivity contribution is 5.35. The SMILES string of the molecule is Nc1nc(NCc2cccnc2)nc(-n2cncn2)n1. The predicted molar refractivity (Wildman–Crippen MR) is 70.7 cm³/mol. The number of nitrogens with two attached hydrogens (primary N) is 1. The fourth-order valence-corrected chi connectivity index (χ4v) is 1.56. The van der Waals surface area contributed by atoms with Crippen molar-refractivity contribution in [1.29, 1.82) is 0 Å². The van der Waals surface area contributed by atoms with Crippen molar-refractivity contribution in [2.24, 2.45) is 0 Å². The van der Waals surface area contributed by atoms with Gasteiger partial charge in [-0.05, 0) is 11.6 Å². The van der Waals surface area contributed by atoms with E-state index >= 15 is 0 Å². The molecule has 3 N–H and O–H groups in total. The van der Waals surface area contributed by atoms with Crippen LogP contribution in [0.25, 0.3) is 5.95 Å². The van der Waals surface area contributed by atoms with Crippen molar-refractivity contribution in [3.63, 3.8) is 0 Å². The summed E-state index contributed by atoms with van der Waals surface area (Å²) in [7, 11) is 0. The van der Waals surface area contributed by atoms with Gasteiger partial charge in [-0.2, -0.15) is 24.7 Å². The molecule has 100 valence electrons. The number of nitrogens with zero attached hydrogens (tertiary/aromatic N) is 7. The second-order valence-corrected chi connectivity index (χ2v) is 3.87. The standard InChI is InChI=1S/C11H11N9/c12-9-17-10(15-5-8-2-1-3-13-4-8)19-11(18-9)20-7-14-6-16-20/h1-4,6-7H,5H2,(H3,12,15,17,18,19). The Bertz CT molecular complexity index is 680. The molecule has 0 amide bonds. The van der Waals surface area contributed by atoms with Gasteiger partial charge in [0, 0.05) is 18.9 Å². The van der Waals surface area contributed by atoms with Crippen molar-refractivity contribution in [3.05, 3.63) is 42.7 Å². The molecule has 0 radical (unpaired) electrons. The maximum atomic E-state index is 5.66. The number of nitrogens with one attached hydrogen (secondary N) is 1. The summed E-state index contributed by atoms with van der Waals surface area (Å²) in [5.41, 5.74) is 6.67. The highest BCUT2D eigenvalue weighted by Gasteiger charge is 2.06. The zero-order chi connectivity index (χ0) is 13.8. The lowest BCUT2D eigenvalue weighted by Crippen LogP contribution is -2.11. The third-order valence-corrected chi connectivity index (χ3v) is 2.44. The molecule has 0 saturated heterocycles. The lowest BCUT2D eigenvalue weighted by molar-refractivity contribution is 0.797. The van der Waals surface area contributed by atoms with Crippen molar-refractivity contribution < 1.29 is 0 Å². The Morgan fingerprint density at radius 3 is 2.90 bits per heavy atom. The highest BCUT2D eigenvalue weighted by atomic mass is 15.4. The lowest BCUT2D eigenvalue weighted by atomic mass is 10.3. The van der Waals surface area contributed by atoms with Crippen LogP contribution in [-0.4, -0.2) is 34.7 Å². The molecule has 3 heterocycles. The maximum Gasteiger partial charge on any atom is 0.258 e. The molecule has 0 aliphatic rings. The van der Waals surface area contributed by atoms with Gasteiger partial charge in [-0.15, -0.1) is 0 Å². The summed E-state index contributed by atoms with van der Waals surface area (Å²) >= 11 is 0. The molecule has 0 spiro atoms. The largest absolute Gasteiger partial charge is 0.368 e. The first-order chi connectivity index (χ1) is 9.81. The van der Waals surface area contributed by atoms with Crippen LogP contribution in [0.15, 0.2) is 37.2 Å². The smallest absolute Gasteiger partial charge is 0.258 e. The van der Waals surface area contributed by atoms with Gasteiger partial charge in [-0.1, -0.05) is 6.07 Å². The van der Waals surface area contributed by atoms with Gasteiger partial charge < -0.3 is 11.1 Å². The molecule has 0 atom stereocenters. The Morgan fingerprint density at radius 2 is 2.15 bits per heavy atom. The second-order valence-electron chi connectivity index (χ2n) is 3.87. The van der Waals surface area contributed by atoms with Crippen molar-refractivity contribution >= 4 is 11.9 Å². The summed E-state index contributed by atoms with van der Waals surface area (Å²) in [4.78, 5) is 20.1. The number of aromatic nitrogens is 7. The average Bonchev–Trinajstić information content (AvgIpc) is 3.00. The van der Waals surface area contributed by atoms with E-state index in [0.717, 1.165) is 5.56 Å². The summed E-state index contributed by atoms with van der Waals surface area (Å²) < 4.78 is 1.41. The number of hydrogen-bond donors (Lipinski definition) is 2. The zero-order valence-corrected chi connectivity index (χ0v) is 10.4. The molecule has 0 saturated carbocycles. The second kappa shape index (κ2) is 5.26. The fourth-order valence-electron chi connectivity index (χ4n) is 1.56. The van der Waals surface area contributed by atoms with E-state index in [2.05, 4.69) is 35.3 Å². The van der Waals surface area contributed by atoms with Crippen molar-refractivity contribution in [2.75, 3.05) is 11.1 Å². The Kier molecular flexibility index (Phi) is 3.15. The van der Waals surface area contributed by atoms with Gasteiger partial charge in [0.25, 0.3) is 5.95 Å². The predicted octanol–water partition coefficient (Wildman–Crippen LogP) is 0.0416. The lowest BCUT2D eigenvalue weighted by Gasteiger charge is -2.06. The first-order valence-corrected chi connectivity index (χ1v) is 5.80. The molecular formula is C11H11N9. The fraction of sp³-hybridized carbons (Fsp3) is 0.0909.